The molecule has 8 nitrogen and oxygen atoms in total. The zero-order valence-electron chi connectivity index (χ0n) is 13.1. The molecule has 1 fully saturated rings. The van der Waals surface area contributed by atoms with Crippen LogP contribution < -0.4 is 10.6 Å². The Morgan fingerprint density at radius 3 is 2.96 bits per heavy atom. The van der Waals surface area contributed by atoms with Gasteiger partial charge in [-0.25, -0.2) is 14.8 Å². The maximum atomic E-state index is 11.1. The molecule has 24 heavy (non-hydrogen) atoms. The second-order valence-electron chi connectivity index (χ2n) is 5.49. The number of nitrogens with zero attached hydrogens (tertiary/aromatic N) is 4. The number of morpholine rings is 1. The average molecular weight is 329 g/mol. The molecule has 0 saturated carbocycles. The minimum Gasteiger partial charge on any atom is -0.478 e. The van der Waals surface area contributed by atoms with Crippen LogP contribution in [0.1, 0.15) is 16.8 Å². The third kappa shape index (κ3) is 3.66. The lowest BCUT2D eigenvalue weighted by atomic mass is 10.2. The molecule has 1 aliphatic heterocycles. The number of anilines is 1. The summed E-state index contributed by atoms with van der Waals surface area (Å²) in [5.41, 5.74) is 6.86. The van der Waals surface area contributed by atoms with Crippen LogP contribution in [-0.2, 0) is 4.74 Å². The lowest BCUT2D eigenvalue weighted by Crippen LogP contribution is -2.44. The third-order valence-corrected chi connectivity index (χ3v) is 3.82. The number of aromatic nitrogens is 3. The first-order valence-corrected chi connectivity index (χ1v) is 7.77. The van der Waals surface area contributed by atoms with Gasteiger partial charge in [0, 0.05) is 25.5 Å². The molecular formula is C16H19N5O3. The monoisotopic (exact) mass is 329 g/mol. The number of nitrogens with two attached hydrogens (primary N) is 1. The van der Waals surface area contributed by atoms with Gasteiger partial charge in [-0.2, -0.15) is 0 Å². The SMILES string of the molecule is NCCC1CN(c2nccc(-c3cc(C(=O)O)ccn3)n2)CCO1. The third-order valence-electron chi connectivity index (χ3n) is 3.82. The van der Waals surface area contributed by atoms with E-state index in [4.69, 9.17) is 15.6 Å². The lowest BCUT2D eigenvalue weighted by Gasteiger charge is -2.32. The van der Waals surface area contributed by atoms with E-state index in [2.05, 4.69) is 15.0 Å². The molecule has 1 saturated heterocycles. The van der Waals surface area contributed by atoms with Gasteiger partial charge in [-0.15, -0.1) is 0 Å². The smallest absolute Gasteiger partial charge is 0.335 e. The number of hydrogen-bond donors (Lipinski definition) is 2. The number of carboxylic acids is 1. The van der Waals surface area contributed by atoms with Gasteiger partial charge in [0.1, 0.15) is 0 Å². The predicted octanol–water partition coefficient (Wildman–Crippen LogP) is 0.791. The fraction of sp³-hybridized carbons (Fsp3) is 0.375. The molecule has 2 aromatic rings. The van der Waals surface area contributed by atoms with E-state index in [1.165, 1.54) is 18.3 Å². The van der Waals surface area contributed by atoms with E-state index < -0.39 is 5.97 Å². The van der Waals surface area contributed by atoms with Crippen molar-refractivity contribution in [3.05, 3.63) is 36.2 Å². The summed E-state index contributed by atoms with van der Waals surface area (Å²) in [4.78, 5) is 26.2. The Morgan fingerprint density at radius 2 is 2.17 bits per heavy atom. The van der Waals surface area contributed by atoms with E-state index in [1.54, 1.807) is 12.3 Å². The van der Waals surface area contributed by atoms with Crippen LogP contribution in [0.3, 0.4) is 0 Å². The Kier molecular flexibility index (Phi) is 4.97. The van der Waals surface area contributed by atoms with E-state index in [-0.39, 0.29) is 11.7 Å². The number of rotatable bonds is 5. The molecule has 0 bridgehead atoms. The number of carbonyl (C=O) groups is 1. The molecule has 0 radical (unpaired) electrons. The minimum absolute atomic E-state index is 0.0736. The highest BCUT2D eigenvalue weighted by molar-refractivity contribution is 5.88. The van der Waals surface area contributed by atoms with Crippen LogP contribution in [-0.4, -0.2) is 58.4 Å². The molecule has 1 unspecified atom stereocenters. The zero-order valence-corrected chi connectivity index (χ0v) is 13.1. The second kappa shape index (κ2) is 7.33. The topological polar surface area (TPSA) is 114 Å². The summed E-state index contributed by atoms with van der Waals surface area (Å²) in [6.45, 7) is 2.56. The molecule has 2 aromatic heterocycles. The molecule has 0 aliphatic carbocycles. The average Bonchev–Trinajstić information content (AvgIpc) is 2.62. The van der Waals surface area contributed by atoms with Gasteiger partial charge in [0.2, 0.25) is 5.95 Å². The summed E-state index contributed by atoms with van der Waals surface area (Å²) in [5.74, 6) is -0.411. The van der Waals surface area contributed by atoms with E-state index >= 15 is 0 Å². The first kappa shape index (κ1) is 16.3. The Balaban J connectivity index is 1.84. The van der Waals surface area contributed by atoms with Crippen LogP contribution >= 0.6 is 0 Å². The first-order chi connectivity index (χ1) is 11.7. The van der Waals surface area contributed by atoms with Crippen LogP contribution in [0.25, 0.3) is 11.4 Å². The predicted molar refractivity (Wildman–Crippen MR) is 87.8 cm³/mol. The normalized spacial score (nSPS) is 17.7. The summed E-state index contributed by atoms with van der Waals surface area (Å²) in [6.07, 6.45) is 3.98. The zero-order chi connectivity index (χ0) is 16.9. The van der Waals surface area contributed by atoms with E-state index in [0.29, 0.717) is 43.6 Å². The van der Waals surface area contributed by atoms with E-state index in [1.807, 2.05) is 4.90 Å². The summed E-state index contributed by atoms with van der Waals surface area (Å²) in [7, 11) is 0. The second-order valence-corrected chi connectivity index (χ2v) is 5.49. The molecule has 126 valence electrons. The summed E-state index contributed by atoms with van der Waals surface area (Å²) >= 11 is 0. The van der Waals surface area contributed by atoms with E-state index in [0.717, 1.165) is 6.42 Å². The van der Waals surface area contributed by atoms with Gasteiger partial charge in [-0.05, 0) is 31.2 Å². The van der Waals surface area contributed by atoms with Crippen LogP contribution in [0.4, 0.5) is 5.95 Å². The molecular weight excluding hydrogens is 310 g/mol. The van der Waals surface area contributed by atoms with Crippen molar-refractivity contribution in [3.63, 3.8) is 0 Å². The number of carboxylic acid groups (broad SMARTS) is 1. The molecule has 0 aromatic carbocycles. The van der Waals surface area contributed by atoms with Gasteiger partial charge >= 0.3 is 5.97 Å². The molecule has 1 aliphatic rings. The van der Waals surface area contributed by atoms with Crippen molar-refractivity contribution >= 4 is 11.9 Å². The molecule has 0 spiro atoms. The highest BCUT2D eigenvalue weighted by Gasteiger charge is 2.22. The highest BCUT2D eigenvalue weighted by atomic mass is 16.5. The van der Waals surface area contributed by atoms with Crippen LogP contribution in [0.2, 0.25) is 0 Å². The van der Waals surface area contributed by atoms with Gasteiger partial charge in [0.05, 0.1) is 29.7 Å². The van der Waals surface area contributed by atoms with Crippen molar-refractivity contribution in [2.45, 2.75) is 12.5 Å². The molecule has 8 heteroatoms. The largest absolute Gasteiger partial charge is 0.478 e. The number of ether oxygens (including phenoxy) is 1. The number of hydrogen-bond acceptors (Lipinski definition) is 7. The van der Waals surface area contributed by atoms with Gasteiger partial charge in [-0.1, -0.05) is 0 Å². The van der Waals surface area contributed by atoms with Crippen molar-refractivity contribution in [1.82, 2.24) is 15.0 Å². The molecule has 3 rings (SSSR count). The summed E-state index contributed by atoms with van der Waals surface area (Å²) in [6, 6.07) is 4.67. The lowest BCUT2D eigenvalue weighted by molar-refractivity contribution is 0.0363. The van der Waals surface area contributed by atoms with Gasteiger partial charge in [0.25, 0.3) is 0 Å². The Labute approximate surface area is 139 Å². The maximum absolute atomic E-state index is 11.1. The van der Waals surface area contributed by atoms with Crippen LogP contribution in [0.5, 0.6) is 0 Å². The van der Waals surface area contributed by atoms with Gasteiger partial charge in [-0.3, -0.25) is 4.98 Å². The first-order valence-electron chi connectivity index (χ1n) is 7.77. The maximum Gasteiger partial charge on any atom is 0.335 e. The number of pyridine rings is 1. The standard InChI is InChI=1S/C16H19N5O3/c17-4-1-12-10-21(7-8-24-12)16-19-6-3-13(20-16)14-9-11(15(22)23)2-5-18-14/h2-3,5-6,9,12H,1,4,7-8,10,17H2,(H,22,23). The van der Waals surface area contributed by atoms with Crippen molar-refractivity contribution < 1.29 is 14.6 Å². The van der Waals surface area contributed by atoms with Crippen molar-refractivity contribution in [3.8, 4) is 11.4 Å². The molecule has 3 N–H and O–H groups in total. The van der Waals surface area contributed by atoms with Crippen LogP contribution in [0.15, 0.2) is 30.6 Å². The molecule has 0 amide bonds. The Hall–Kier alpha value is -2.58. The van der Waals surface area contributed by atoms with Gasteiger partial charge < -0.3 is 20.5 Å². The van der Waals surface area contributed by atoms with E-state index in [9.17, 15) is 4.79 Å². The summed E-state index contributed by atoms with van der Waals surface area (Å²) in [5, 5.41) is 9.10. The number of aromatic carboxylic acids is 1. The quantitative estimate of drug-likeness (QED) is 0.827. The van der Waals surface area contributed by atoms with Crippen LogP contribution in [0, 0.1) is 0 Å². The fourth-order valence-electron chi connectivity index (χ4n) is 2.61. The Morgan fingerprint density at radius 1 is 1.33 bits per heavy atom. The molecule has 3 heterocycles. The highest BCUT2D eigenvalue weighted by Crippen LogP contribution is 2.20. The summed E-state index contributed by atoms with van der Waals surface area (Å²) < 4.78 is 5.67. The van der Waals surface area contributed by atoms with Crippen molar-refractivity contribution in [2.75, 3.05) is 31.1 Å². The van der Waals surface area contributed by atoms with Gasteiger partial charge in [0.15, 0.2) is 0 Å². The fourth-order valence-corrected chi connectivity index (χ4v) is 2.61. The van der Waals surface area contributed by atoms with Crippen molar-refractivity contribution in [2.24, 2.45) is 5.73 Å². The molecule has 1 atom stereocenters. The van der Waals surface area contributed by atoms with Crippen molar-refractivity contribution in [1.29, 1.82) is 0 Å². The minimum atomic E-state index is -0.995. The Bertz CT molecular complexity index is 722.